The second-order valence-corrected chi connectivity index (χ2v) is 9.24. The Kier molecular flexibility index (Phi) is 8.11. The molecule has 1 aromatic heterocycles. The maximum atomic E-state index is 12.7. The lowest BCUT2D eigenvalue weighted by molar-refractivity contribution is -0.152. The summed E-state index contributed by atoms with van der Waals surface area (Å²) in [7, 11) is 0. The molecule has 7 nitrogen and oxygen atoms in total. The van der Waals surface area contributed by atoms with Crippen molar-refractivity contribution < 1.29 is 19.8 Å². The van der Waals surface area contributed by atoms with E-state index in [0.29, 0.717) is 6.54 Å². The Balaban J connectivity index is 2.01. The molecule has 30 heavy (non-hydrogen) atoms. The van der Waals surface area contributed by atoms with Crippen molar-refractivity contribution in [3.05, 3.63) is 41.0 Å². The average Bonchev–Trinajstić information content (AvgIpc) is 3.14. The Labute approximate surface area is 181 Å². The number of hydrogen-bond donors (Lipinski definition) is 3. The molecular weight excluding hydrogens is 402 g/mol. The van der Waals surface area contributed by atoms with Crippen LogP contribution in [0.1, 0.15) is 39.0 Å². The standard InChI is InChI=1S/C22H31N3O4S/c1-14-18(30-13-24-14)17-8-6-16(7-9-17)12-23-20(28)15(2)25(10-11-26)21(29)19(27)22(3,4)5/h6-9,13,15,19,26-27H,10-12H2,1-5H3,(H,23,28)/t15-,19+/m0/s1. The van der Waals surface area contributed by atoms with Crippen LogP contribution in [0, 0.1) is 12.3 Å². The molecule has 8 heteroatoms. The summed E-state index contributed by atoms with van der Waals surface area (Å²) in [5.41, 5.74) is 4.14. The van der Waals surface area contributed by atoms with Gasteiger partial charge in [0.1, 0.15) is 12.1 Å². The number of carbonyl (C=O) groups is 2. The molecule has 0 spiro atoms. The fraction of sp³-hybridized carbons (Fsp3) is 0.500. The quantitative estimate of drug-likeness (QED) is 0.593. The van der Waals surface area contributed by atoms with Crippen LogP contribution in [0.4, 0.5) is 0 Å². The topological polar surface area (TPSA) is 103 Å². The summed E-state index contributed by atoms with van der Waals surface area (Å²) in [5.74, 6) is -0.913. The van der Waals surface area contributed by atoms with Crippen LogP contribution in [0.2, 0.25) is 0 Å². The van der Waals surface area contributed by atoms with Gasteiger partial charge < -0.3 is 20.4 Å². The normalized spacial score (nSPS) is 13.6. The molecule has 1 heterocycles. The SMILES string of the molecule is Cc1ncsc1-c1ccc(CNC(=O)[C@H](C)N(CCO)C(=O)[C@@H](O)C(C)(C)C)cc1. The van der Waals surface area contributed by atoms with Gasteiger partial charge in [-0.15, -0.1) is 11.3 Å². The van der Waals surface area contributed by atoms with Crippen LogP contribution >= 0.6 is 11.3 Å². The second-order valence-electron chi connectivity index (χ2n) is 8.38. The number of nitrogens with one attached hydrogen (secondary N) is 1. The third kappa shape index (κ3) is 5.87. The van der Waals surface area contributed by atoms with Gasteiger partial charge in [-0.2, -0.15) is 0 Å². The van der Waals surface area contributed by atoms with Crippen molar-refractivity contribution in [2.75, 3.05) is 13.2 Å². The smallest absolute Gasteiger partial charge is 0.252 e. The van der Waals surface area contributed by atoms with Crippen molar-refractivity contribution >= 4 is 23.2 Å². The Bertz CT molecular complexity index is 858. The van der Waals surface area contributed by atoms with Crippen molar-refractivity contribution in [1.29, 1.82) is 0 Å². The van der Waals surface area contributed by atoms with Crippen molar-refractivity contribution in [3.63, 3.8) is 0 Å². The van der Waals surface area contributed by atoms with Gasteiger partial charge in [0.05, 0.1) is 22.7 Å². The van der Waals surface area contributed by atoms with E-state index in [1.165, 1.54) is 4.90 Å². The van der Waals surface area contributed by atoms with Gasteiger partial charge in [0, 0.05) is 13.1 Å². The summed E-state index contributed by atoms with van der Waals surface area (Å²) in [6, 6.07) is 7.05. The zero-order valence-corrected chi connectivity index (χ0v) is 19.0. The van der Waals surface area contributed by atoms with Gasteiger partial charge >= 0.3 is 0 Å². The van der Waals surface area contributed by atoms with Gasteiger partial charge in [0.25, 0.3) is 5.91 Å². The highest BCUT2D eigenvalue weighted by Gasteiger charge is 2.35. The lowest BCUT2D eigenvalue weighted by Crippen LogP contribution is -2.54. The molecule has 0 unspecified atom stereocenters. The summed E-state index contributed by atoms with van der Waals surface area (Å²) in [5, 5.41) is 22.5. The molecule has 0 saturated heterocycles. The molecule has 2 amide bonds. The minimum absolute atomic E-state index is 0.0243. The number of hydrogen-bond acceptors (Lipinski definition) is 6. The van der Waals surface area contributed by atoms with Gasteiger partial charge in [-0.25, -0.2) is 4.98 Å². The van der Waals surface area contributed by atoms with Crippen LogP contribution in [0.5, 0.6) is 0 Å². The summed E-state index contributed by atoms with van der Waals surface area (Å²) < 4.78 is 0. The number of thiazole rings is 1. The zero-order chi connectivity index (χ0) is 22.5. The Hall–Kier alpha value is -2.29. The molecule has 3 N–H and O–H groups in total. The highest BCUT2D eigenvalue weighted by atomic mass is 32.1. The molecule has 164 valence electrons. The van der Waals surface area contributed by atoms with Gasteiger partial charge in [0.2, 0.25) is 5.91 Å². The summed E-state index contributed by atoms with van der Waals surface area (Å²) in [6.45, 7) is 8.79. The van der Waals surface area contributed by atoms with Crippen LogP contribution in [0.3, 0.4) is 0 Å². The van der Waals surface area contributed by atoms with E-state index in [2.05, 4.69) is 10.3 Å². The molecule has 2 atom stereocenters. The van der Waals surface area contributed by atoms with Crippen LogP contribution in [0.15, 0.2) is 29.8 Å². The highest BCUT2D eigenvalue weighted by molar-refractivity contribution is 7.13. The van der Waals surface area contributed by atoms with E-state index < -0.39 is 23.5 Å². The third-order valence-electron chi connectivity index (χ3n) is 4.95. The van der Waals surface area contributed by atoms with E-state index in [9.17, 15) is 19.8 Å². The number of nitrogens with zero attached hydrogens (tertiary/aromatic N) is 2. The maximum absolute atomic E-state index is 12.7. The monoisotopic (exact) mass is 433 g/mol. The zero-order valence-electron chi connectivity index (χ0n) is 18.2. The molecule has 2 rings (SSSR count). The number of aliphatic hydroxyl groups excluding tert-OH is 2. The number of rotatable bonds is 8. The molecule has 0 aliphatic carbocycles. The first kappa shape index (κ1) is 24.0. The van der Waals surface area contributed by atoms with Crippen molar-refractivity contribution in [2.45, 2.75) is 53.3 Å². The number of aliphatic hydroxyl groups is 2. The molecule has 0 fully saturated rings. The number of amides is 2. The number of benzene rings is 1. The van der Waals surface area contributed by atoms with E-state index >= 15 is 0 Å². The molecule has 2 aromatic rings. The lowest BCUT2D eigenvalue weighted by atomic mass is 9.88. The number of carbonyl (C=O) groups excluding carboxylic acids is 2. The van der Waals surface area contributed by atoms with Crippen molar-refractivity contribution in [2.24, 2.45) is 5.41 Å². The summed E-state index contributed by atoms with van der Waals surface area (Å²) in [4.78, 5) is 31.9. The average molecular weight is 434 g/mol. The van der Waals surface area contributed by atoms with E-state index in [-0.39, 0.29) is 19.1 Å². The van der Waals surface area contributed by atoms with Crippen LogP contribution in [-0.2, 0) is 16.1 Å². The minimum atomic E-state index is -1.26. The highest BCUT2D eigenvalue weighted by Crippen LogP contribution is 2.27. The number of aryl methyl sites for hydroxylation is 1. The van der Waals surface area contributed by atoms with Gasteiger partial charge in [-0.3, -0.25) is 9.59 Å². The maximum Gasteiger partial charge on any atom is 0.252 e. The molecule has 0 radical (unpaired) electrons. The molecule has 0 saturated carbocycles. The lowest BCUT2D eigenvalue weighted by Gasteiger charge is -2.34. The number of aromatic nitrogens is 1. The third-order valence-corrected chi connectivity index (χ3v) is 5.93. The fourth-order valence-corrected chi connectivity index (χ4v) is 3.77. The van der Waals surface area contributed by atoms with Gasteiger partial charge in [-0.1, -0.05) is 45.0 Å². The van der Waals surface area contributed by atoms with Gasteiger partial charge in [0.15, 0.2) is 0 Å². The first-order valence-electron chi connectivity index (χ1n) is 9.92. The molecular formula is C22H31N3O4S. The minimum Gasteiger partial charge on any atom is -0.395 e. The second kappa shape index (κ2) is 10.1. The van der Waals surface area contributed by atoms with Crippen LogP contribution in [-0.4, -0.2) is 57.2 Å². The molecule has 0 bridgehead atoms. The largest absolute Gasteiger partial charge is 0.395 e. The van der Waals surface area contributed by atoms with E-state index in [0.717, 1.165) is 21.7 Å². The Morgan fingerprint density at radius 3 is 2.37 bits per heavy atom. The van der Waals surface area contributed by atoms with Crippen molar-refractivity contribution in [1.82, 2.24) is 15.2 Å². The predicted octanol–water partition coefficient (Wildman–Crippen LogP) is 2.35. The van der Waals surface area contributed by atoms with E-state index in [4.69, 9.17) is 0 Å². The van der Waals surface area contributed by atoms with E-state index in [1.54, 1.807) is 39.0 Å². The summed E-state index contributed by atoms with van der Waals surface area (Å²) in [6.07, 6.45) is -1.26. The van der Waals surface area contributed by atoms with Gasteiger partial charge in [-0.05, 0) is 30.4 Å². The summed E-state index contributed by atoms with van der Waals surface area (Å²) >= 11 is 1.59. The molecule has 0 aliphatic heterocycles. The van der Waals surface area contributed by atoms with E-state index in [1.807, 2.05) is 36.7 Å². The van der Waals surface area contributed by atoms with Crippen LogP contribution < -0.4 is 5.32 Å². The predicted molar refractivity (Wildman–Crippen MR) is 118 cm³/mol. The van der Waals surface area contributed by atoms with Crippen molar-refractivity contribution in [3.8, 4) is 10.4 Å². The first-order valence-corrected chi connectivity index (χ1v) is 10.8. The first-order chi connectivity index (χ1) is 14.1. The molecule has 1 aromatic carbocycles. The Morgan fingerprint density at radius 1 is 1.23 bits per heavy atom. The molecule has 0 aliphatic rings. The van der Waals surface area contributed by atoms with Crippen LogP contribution in [0.25, 0.3) is 10.4 Å². The fourth-order valence-electron chi connectivity index (χ4n) is 2.96. The Morgan fingerprint density at radius 2 is 1.87 bits per heavy atom.